The quantitative estimate of drug-likeness (QED) is 0.873. The molecule has 8 heteroatoms. The number of nitrogens with zero attached hydrogens (tertiary/aromatic N) is 3. The Bertz CT molecular complexity index is 505. The molecule has 0 spiro atoms. The van der Waals surface area contributed by atoms with Crippen molar-refractivity contribution in [2.45, 2.75) is 26.2 Å². The molecule has 1 aromatic heterocycles. The summed E-state index contributed by atoms with van der Waals surface area (Å²) in [5.41, 5.74) is 6.88. The van der Waals surface area contributed by atoms with Crippen molar-refractivity contribution in [3.05, 3.63) is 11.1 Å². The van der Waals surface area contributed by atoms with E-state index in [0.717, 1.165) is 56.3 Å². The van der Waals surface area contributed by atoms with Crippen molar-refractivity contribution in [1.29, 1.82) is 0 Å². The number of carbonyl (C=O) groups is 1. The fraction of sp³-hybridized carbons (Fsp3) is 0.733. The van der Waals surface area contributed by atoms with E-state index in [2.05, 4.69) is 15.3 Å². The number of anilines is 1. The van der Waals surface area contributed by atoms with Gasteiger partial charge in [-0.25, -0.2) is 4.98 Å². The lowest BCUT2D eigenvalue weighted by atomic mass is 9.94. The van der Waals surface area contributed by atoms with Crippen molar-refractivity contribution in [3.63, 3.8) is 0 Å². The summed E-state index contributed by atoms with van der Waals surface area (Å²) in [5, 5.41) is 3.16. The number of carbonyl (C=O) groups excluding carboxylic acids is 1. The van der Waals surface area contributed by atoms with Gasteiger partial charge in [0.05, 0.1) is 5.69 Å². The first-order chi connectivity index (χ1) is 10.2. The van der Waals surface area contributed by atoms with Gasteiger partial charge in [0.1, 0.15) is 0 Å². The molecule has 0 unspecified atom stereocenters. The second-order valence-corrected chi connectivity index (χ2v) is 6.95. The van der Waals surface area contributed by atoms with Crippen molar-refractivity contribution in [1.82, 2.24) is 9.88 Å². The Morgan fingerprint density at radius 1 is 1.30 bits per heavy atom. The number of aryl methyl sites for hydroxylation is 1. The van der Waals surface area contributed by atoms with Gasteiger partial charge >= 0.3 is 0 Å². The third-order valence-corrected chi connectivity index (χ3v) is 5.77. The number of rotatable bonds is 3. The van der Waals surface area contributed by atoms with Crippen molar-refractivity contribution >= 4 is 47.2 Å². The molecule has 132 valence electrons. The predicted octanol–water partition coefficient (Wildman–Crippen LogP) is 2.32. The zero-order valence-electron chi connectivity index (χ0n) is 13.4. The van der Waals surface area contributed by atoms with E-state index >= 15 is 0 Å². The molecule has 0 aromatic carbocycles. The molecule has 3 rings (SSSR count). The number of piperazine rings is 1. The number of amides is 1. The molecular weight excluding hydrogens is 355 g/mol. The summed E-state index contributed by atoms with van der Waals surface area (Å²) in [7, 11) is 0. The summed E-state index contributed by atoms with van der Waals surface area (Å²) in [6, 6.07) is 0. The Kier molecular flexibility index (Phi) is 8.07. The number of nitrogens with two attached hydrogens (primary N) is 1. The summed E-state index contributed by atoms with van der Waals surface area (Å²) in [6.45, 7) is 6.06. The van der Waals surface area contributed by atoms with Gasteiger partial charge in [0.2, 0.25) is 5.91 Å². The highest BCUT2D eigenvalue weighted by Gasteiger charge is 2.35. The van der Waals surface area contributed by atoms with E-state index in [1.54, 1.807) is 11.3 Å². The molecular formula is C15H26Cl2N4OS. The van der Waals surface area contributed by atoms with Crippen LogP contribution in [0.5, 0.6) is 0 Å². The molecule has 2 heterocycles. The standard InChI is InChI=1S/C15H24N4OS.2ClH/c1-11-10-21-15(17-11)19-7-5-18(6-8-19)14(20)13-4-2-3-12(13)9-16;;/h10,12-13H,2-9,16H2,1H3;2*1H/t12-,13-;;/m1../s1. The maximum absolute atomic E-state index is 12.7. The molecule has 1 aliphatic carbocycles. The number of hydrogen-bond donors (Lipinski definition) is 1. The van der Waals surface area contributed by atoms with Crippen LogP contribution < -0.4 is 10.6 Å². The van der Waals surface area contributed by atoms with E-state index in [1.807, 2.05) is 11.8 Å². The fourth-order valence-corrected chi connectivity index (χ4v) is 4.34. The monoisotopic (exact) mass is 380 g/mol. The highest BCUT2D eigenvalue weighted by molar-refractivity contribution is 7.13. The molecule has 5 nitrogen and oxygen atoms in total. The summed E-state index contributed by atoms with van der Waals surface area (Å²) in [5.74, 6) is 0.902. The third kappa shape index (κ3) is 4.50. The van der Waals surface area contributed by atoms with Crippen LogP contribution in [-0.4, -0.2) is 48.5 Å². The number of thiazole rings is 1. The Balaban J connectivity index is 0.00000132. The van der Waals surface area contributed by atoms with Gasteiger partial charge in [0.15, 0.2) is 5.13 Å². The first-order valence-electron chi connectivity index (χ1n) is 7.85. The van der Waals surface area contributed by atoms with E-state index in [4.69, 9.17) is 5.73 Å². The summed E-state index contributed by atoms with van der Waals surface area (Å²) in [4.78, 5) is 21.5. The van der Waals surface area contributed by atoms with Gasteiger partial charge in [-0.3, -0.25) is 4.79 Å². The third-order valence-electron chi connectivity index (χ3n) is 4.75. The highest BCUT2D eigenvalue weighted by Crippen LogP contribution is 2.33. The minimum Gasteiger partial charge on any atom is -0.345 e. The summed E-state index contributed by atoms with van der Waals surface area (Å²) < 4.78 is 0. The summed E-state index contributed by atoms with van der Waals surface area (Å²) in [6.07, 6.45) is 3.29. The number of hydrogen-bond acceptors (Lipinski definition) is 5. The second-order valence-electron chi connectivity index (χ2n) is 6.12. The van der Waals surface area contributed by atoms with Gasteiger partial charge in [-0.2, -0.15) is 0 Å². The van der Waals surface area contributed by atoms with E-state index in [1.165, 1.54) is 0 Å². The maximum atomic E-state index is 12.7. The average Bonchev–Trinajstić information content (AvgIpc) is 3.15. The van der Waals surface area contributed by atoms with Gasteiger partial charge in [-0.15, -0.1) is 36.2 Å². The molecule has 2 atom stereocenters. The molecule has 1 aromatic rings. The molecule has 0 radical (unpaired) electrons. The van der Waals surface area contributed by atoms with Crippen LogP contribution in [0.1, 0.15) is 25.0 Å². The van der Waals surface area contributed by atoms with Crippen molar-refractivity contribution in [3.8, 4) is 0 Å². The van der Waals surface area contributed by atoms with Crippen LogP contribution >= 0.6 is 36.2 Å². The fourth-order valence-electron chi connectivity index (χ4n) is 3.48. The molecule has 1 amide bonds. The number of aromatic nitrogens is 1. The largest absolute Gasteiger partial charge is 0.345 e. The van der Waals surface area contributed by atoms with Crippen LogP contribution in [0.15, 0.2) is 5.38 Å². The van der Waals surface area contributed by atoms with Crippen LogP contribution in [-0.2, 0) is 4.79 Å². The second kappa shape index (κ2) is 9.06. The van der Waals surface area contributed by atoms with Crippen molar-refractivity contribution < 1.29 is 4.79 Å². The number of halogens is 2. The van der Waals surface area contributed by atoms with Gasteiger partial charge in [-0.1, -0.05) is 6.42 Å². The van der Waals surface area contributed by atoms with Crippen molar-refractivity contribution in [2.75, 3.05) is 37.6 Å². The molecule has 2 aliphatic rings. The first-order valence-corrected chi connectivity index (χ1v) is 8.73. The Morgan fingerprint density at radius 2 is 2.00 bits per heavy atom. The van der Waals surface area contributed by atoms with E-state index in [0.29, 0.717) is 18.4 Å². The van der Waals surface area contributed by atoms with Crippen LogP contribution in [0.3, 0.4) is 0 Å². The summed E-state index contributed by atoms with van der Waals surface area (Å²) >= 11 is 1.69. The van der Waals surface area contributed by atoms with Gasteiger partial charge in [-0.05, 0) is 32.2 Å². The van der Waals surface area contributed by atoms with E-state index in [9.17, 15) is 4.79 Å². The molecule has 2 N–H and O–H groups in total. The van der Waals surface area contributed by atoms with Crippen LogP contribution in [0.2, 0.25) is 0 Å². The molecule has 23 heavy (non-hydrogen) atoms. The highest BCUT2D eigenvalue weighted by atomic mass is 35.5. The minimum absolute atomic E-state index is 0. The van der Waals surface area contributed by atoms with Gasteiger partial charge < -0.3 is 15.5 Å². The van der Waals surface area contributed by atoms with E-state index < -0.39 is 0 Å². The van der Waals surface area contributed by atoms with Gasteiger partial charge in [0.25, 0.3) is 0 Å². The lowest BCUT2D eigenvalue weighted by Crippen LogP contribution is -2.51. The van der Waals surface area contributed by atoms with Crippen molar-refractivity contribution in [2.24, 2.45) is 17.6 Å². The zero-order chi connectivity index (χ0) is 14.8. The smallest absolute Gasteiger partial charge is 0.226 e. The van der Waals surface area contributed by atoms with Gasteiger partial charge in [0, 0.05) is 37.5 Å². The topological polar surface area (TPSA) is 62.5 Å². The molecule has 2 fully saturated rings. The molecule has 1 aliphatic heterocycles. The molecule has 1 saturated carbocycles. The van der Waals surface area contributed by atoms with E-state index in [-0.39, 0.29) is 30.7 Å². The Morgan fingerprint density at radius 3 is 2.57 bits per heavy atom. The average molecular weight is 381 g/mol. The lowest BCUT2D eigenvalue weighted by molar-refractivity contribution is -0.136. The lowest BCUT2D eigenvalue weighted by Gasteiger charge is -2.36. The van der Waals surface area contributed by atoms with Crippen LogP contribution in [0.25, 0.3) is 0 Å². The predicted molar refractivity (Wildman–Crippen MR) is 100 cm³/mol. The minimum atomic E-state index is 0. The maximum Gasteiger partial charge on any atom is 0.226 e. The SMILES string of the molecule is Cc1csc(N2CCN(C(=O)[C@@H]3CCC[C@@H]3CN)CC2)n1.Cl.Cl. The Labute approximate surface area is 154 Å². The molecule has 0 bridgehead atoms. The normalized spacial score (nSPS) is 24.1. The molecule has 1 saturated heterocycles. The first kappa shape index (κ1) is 20.5. The van der Waals surface area contributed by atoms with Crippen LogP contribution in [0, 0.1) is 18.8 Å². The zero-order valence-corrected chi connectivity index (χ0v) is 15.9. The van der Waals surface area contributed by atoms with Crippen LogP contribution in [0.4, 0.5) is 5.13 Å². The Hall–Kier alpha value is -0.560.